The number of aromatic nitrogens is 2. The molecule has 1 heterocycles. The quantitative estimate of drug-likeness (QED) is 0.626. The average molecular weight is 268 g/mol. The third-order valence-corrected chi connectivity index (χ3v) is 2.47. The minimum Gasteiger partial charge on any atom is -0.370 e. The first-order valence-corrected chi connectivity index (χ1v) is 6.11. The molecule has 0 aliphatic carbocycles. The largest absolute Gasteiger partial charge is 0.370 e. The Balaban J connectivity index is 2.00. The molecule has 0 spiro atoms. The summed E-state index contributed by atoms with van der Waals surface area (Å²) in [7, 11) is 3.34. The van der Waals surface area contributed by atoms with Gasteiger partial charge < -0.3 is 19.9 Å². The van der Waals surface area contributed by atoms with Crippen molar-refractivity contribution >= 4 is 11.8 Å². The number of carbonyl (C=O) groups is 2. The zero-order valence-electron chi connectivity index (χ0n) is 11.3. The zero-order valence-corrected chi connectivity index (χ0v) is 11.3. The number of hydrogen-bond acceptors (Lipinski definition) is 4. The van der Waals surface area contributed by atoms with Crippen molar-refractivity contribution < 1.29 is 14.3 Å². The summed E-state index contributed by atoms with van der Waals surface area (Å²) < 4.78 is 5.14. The van der Waals surface area contributed by atoms with Crippen molar-refractivity contribution in [3.8, 4) is 0 Å². The number of H-pyrrole nitrogens is 1. The fourth-order valence-electron chi connectivity index (χ4n) is 1.31. The Morgan fingerprint density at radius 1 is 1.47 bits per heavy atom. The molecule has 106 valence electrons. The molecule has 2 N–H and O–H groups in total. The van der Waals surface area contributed by atoms with Crippen molar-refractivity contribution in [3.63, 3.8) is 0 Å². The van der Waals surface area contributed by atoms with Gasteiger partial charge in [-0.05, 0) is 6.42 Å². The molecule has 0 unspecified atom stereocenters. The Morgan fingerprint density at radius 2 is 2.26 bits per heavy atom. The van der Waals surface area contributed by atoms with Gasteiger partial charge in [0.1, 0.15) is 6.61 Å². The Morgan fingerprint density at radius 3 is 2.89 bits per heavy atom. The lowest BCUT2D eigenvalue weighted by molar-refractivity contribution is -0.133. The zero-order chi connectivity index (χ0) is 14.1. The van der Waals surface area contributed by atoms with Crippen LogP contribution in [0.1, 0.15) is 12.1 Å². The molecule has 0 aromatic carbocycles. The van der Waals surface area contributed by atoms with Crippen LogP contribution in [0.3, 0.4) is 0 Å². The predicted molar refractivity (Wildman–Crippen MR) is 69.4 cm³/mol. The topological polar surface area (TPSA) is 87.3 Å². The number of imidazole rings is 1. The molecule has 1 aromatic rings. The number of amides is 2. The van der Waals surface area contributed by atoms with Gasteiger partial charge in [0.25, 0.3) is 0 Å². The highest BCUT2D eigenvalue weighted by molar-refractivity contribution is 5.77. The van der Waals surface area contributed by atoms with E-state index in [0.717, 1.165) is 5.69 Å². The van der Waals surface area contributed by atoms with Crippen molar-refractivity contribution in [2.45, 2.75) is 12.8 Å². The van der Waals surface area contributed by atoms with Crippen LogP contribution in [-0.4, -0.2) is 60.5 Å². The van der Waals surface area contributed by atoms with Crippen molar-refractivity contribution in [1.29, 1.82) is 0 Å². The Hall–Kier alpha value is -1.89. The molecule has 0 saturated heterocycles. The van der Waals surface area contributed by atoms with E-state index < -0.39 is 0 Å². The molecule has 0 atom stereocenters. The number of rotatable bonds is 8. The highest BCUT2D eigenvalue weighted by atomic mass is 16.5. The van der Waals surface area contributed by atoms with Crippen LogP contribution in [0.5, 0.6) is 0 Å². The SMILES string of the molecule is CN(C)C(=O)COCCNC(=O)CCc1cnc[nH]1. The van der Waals surface area contributed by atoms with Gasteiger partial charge in [0.15, 0.2) is 0 Å². The summed E-state index contributed by atoms with van der Waals surface area (Å²) in [6, 6.07) is 0. The van der Waals surface area contributed by atoms with Gasteiger partial charge in [-0.25, -0.2) is 4.98 Å². The van der Waals surface area contributed by atoms with Crippen LogP contribution < -0.4 is 5.32 Å². The van der Waals surface area contributed by atoms with E-state index in [2.05, 4.69) is 15.3 Å². The lowest BCUT2D eigenvalue weighted by Crippen LogP contribution is -2.30. The summed E-state index contributed by atoms with van der Waals surface area (Å²) in [6.45, 7) is 0.773. The smallest absolute Gasteiger partial charge is 0.248 e. The van der Waals surface area contributed by atoms with Crippen LogP contribution in [0.15, 0.2) is 12.5 Å². The maximum absolute atomic E-state index is 11.5. The number of aryl methyl sites for hydroxylation is 1. The maximum Gasteiger partial charge on any atom is 0.248 e. The maximum atomic E-state index is 11.5. The summed E-state index contributed by atoms with van der Waals surface area (Å²) in [5.41, 5.74) is 0.933. The van der Waals surface area contributed by atoms with Gasteiger partial charge in [-0.15, -0.1) is 0 Å². The molecule has 0 aliphatic rings. The molecule has 0 saturated carbocycles. The molecule has 0 bridgehead atoms. The van der Waals surface area contributed by atoms with E-state index in [1.54, 1.807) is 26.6 Å². The van der Waals surface area contributed by atoms with Crippen molar-refractivity contribution in [1.82, 2.24) is 20.2 Å². The highest BCUT2D eigenvalue weighted by Gasteiger charge is 2.04. The van der Waals surface area contributed by atoms with Crippen LogP contribution in [0.2, 0.25) is 0 Å². The number of hydrogen-bond donors (Lipinski definition) is 2. The van der Waals surface area contributed by atoms with Crippen LogP contribution >= 0.6 is 0 Å². The summed E-state index contributed by atoms with van der Waals surface area (Å²) in [6.07, 6.45) is 4.32. The molecule has 7 heteroatoms. The third-order valence-electron chi connectivity index (χ3n) is 2.47. The monoisotopic (exact) mass is 268 g/mol. The average Bonchev–Trinajstić information content (AvgIpc) is 2.88. The van der Waals surface area contributed by atoms with Crippen molar-refractivity contribution in [2.24, 2.45) is 0 Å². The molecular weight excluding hydrogens is 248 g/mol. The lowest BCUT2D eigenvalue weighted by atomic mass is 10.2. The first kappa shape index (κ1) is 15.2. The van der Waals surface area contributed by atoms with Gasteiger partial charge in [-0.3, -0.25) is 9.59 Å². The minimum absolute atomic E-state index is 0.0387. The van der Waals surface area contributed by atoms with Gasteiger partial charge in [-0.1, -0.05) is 0 Å². The summed E-state index contributed by atoms with van der Waals surface area (Å²) in [4.78, 5) is 30.9. The van der Waals surface area contributed by atoms with E-state index in [-0.39, 0.29) is 18.4 Å². The van der Waals surface area contributed by atoms with Crippen LogP contribution in [-0.2, 0) is 20.7 Å². The van der Waals surface area contributed by atoms with E-state index in [4.69, 9.17) is 4.74 Å². The molecule has 0 fully saturated rings. The van der Waals surface area contributed by atoms with Gasteiger partial charge in [0, 0.05) is 39.0 Å². The fourth-order valence-corrected chi connectivity index (χ4v) is 1.31. The van der Waals surface area contributed by atoms with Gasteiger partial charge in [0.2, 0.25) is 11.8 Å². The summed E-state index contributed by atoms with van der Waals surface area (Å²) in [5.74, 6) is -0.136. The number of aromatic amines is 1. The number of ether oxygens (including phenoxy) is 1. The lowest BCUT2D eigenvalue weighted by Gasteiger charge is -2.10. The molecule has 0 radical (unpaired) electrons. The fraction of sp³-hybridized carbons (Fsp3) is 0.583. The van der Waals surface area contributed by atoms with Crippen LogP contribution in [0.25, 0.3) is 0 Å². The number of likely N-dealkylation sites (N-methyl/N-ethyl adjacent to an activating group) is 1. The number of carbonyl (C=O) groups excluding carboxylic acids is 2. The first-order valence-electron chi connectivity index (χ1n) is 6.11. The Kier molecular flexibility index (Phi) is 6.59. The molecule has 19 heavy (non-hydrogen) atoms. The molecular formula is C12H20N4O3. The van der Waals surface area contributed by atoms with E-state index in [0.29, 0.717) is 26.0 Å². The second-order valence-electron chi connectivity index (χ2n) is 4.27. The van der Waals surface area contributed by atoms with E-state index in [1.165, 1.54) is 4.90 Å². The number of nitrogens with one attached hydrogen (secondary N) is 2. The second-order valence-corrected chi connectivity index (χ2v) is 4.27. The predicted octanol–water partition coefficient (Wildman–Crippen LogP) is -0.437. The van der Waals surface area contributed by atoms with Crippen LogP contribution in [0, 0.1) is 0 Å². The minimum atomic E-state index is -0.0921. The summed E-state index contributed by atoms with van der Waals surface area (Å²) >= 11 is 0. The summed E-state index contributed by atoms with van der Waals surface area (Å²) in [5, 5.41) is 2.72. The van der Waals surface area contributed by atoms with Gasteiger partial charge in [0.05, 0.1) is 12.9 Å². The third kappa shape index (κ3) is 6.56. The molecule has 0 aliphatic heterocycles. The van der Waals surface area contributed by atoms with E-state index in [1.807, 2.05) is 0 Å². The highest BCUT2D eigenvalue weighted by Crippen LogP contribution is 1.96. The van der Waals surface area contributed by atoms with Gasteiger partial charge in [-0.2, -0.15) is 0 Å². The van der Waals surface area contributed by atoms with Crippen molar-refractivity contribution in [3.05, 3.63) is 18.2 Å². The van der Waals surface area contributed by atoms with Crippen LogP contribution in [0.4, 0.5) is 0 Å². The second kappa shape index (κ2) is 8.25. The standard InChI is InChI=1S/C12H20N4O3/c1-16(2)12(18)8-19-6-5-14-11(17)4-3-10-7-13-9-15-10/h7,9H,3-6,8H2,1-2H3,(H,13,15)(H,14,17). The first-order chi connectivity index (χ1) is 9.09. The molecule has 1 rings (SSSR count). The molecule has 7 nitrogen and oxygen atoms in total. The van der Waals surface area contributed by atoms with E-state index >= 15 is 0 Å². The van der Waals surface area contributed by atoms with E-state index in [9.17, 15) is 9.59 Å². The Labute approximate surface area is 112 Å². The molecule has 2 amide bonds. The Bertz CT molecular complexity index is 390. The van der Waals surface area contributed by atoms with Gasteiger partial charge >= 0.3 is 0 Å². The number of nitrogens with zero attached hydrogens (tertiary/aromatic N) is 2. The molecule has 1 aromatic heterocycles. The van der Waals surface area contributed by atoms with Crippen molar-refractivity contribution in [2.75, 3.05) is 33.9 Å². The normalized spacial score (nSPS) is 10.2.